The predicted octanol–water partition coefficient (Wildman–Crippen LogP) is 2.61. The van der Waals surface area contributed by atoms with E-state index < -0.39 is 4.92 Å². The van der Waals surface area contributed by atoms with Crippen molar-refractivity contribution in [1.82, 2.24) is 4.98 Å². The van der Waals surface area contributed by atoms with Crippen LogP contribution in [0.5, 0.6) is 5.75 Å². The molecule has 0 saturated heterocycles. The summed E-state index contributed by atoms with van der Waals surface area (Å²) in [4.78, 5) is 28.6. The molecule has 1 amide bonds. The van der Waals surface area contributed by atoms with E-state index in [0.29, 0.717) is 38.3 Å². The number of anilines is 2. The van der Waals surface area contributed by atoms with Gasteiger partial charge >= 0.3 is 5.69 Å². The number of nitro groups is 1. The maximum absolute atomic E-state index is 12.5. The average molecular weight is 342 g/mol. The van der Waals surface area contributed by atoms with E-state index in [0.717, 1.165) is 5.69 Å². The first kappa shape index (κ1) is 16.7. The Labute approximate surface area is 144 Å². The van der Waals surface area contributed by atoms with Crippen LogP contribution < -0.4 is 15.0 Å². The van der Waals surface area contributed by atoms with E-state index in [-0.39, 0.29) is 17.4 Å². The van der Waals surface area contributed by atoms with Crippen LogP contribution in [0.4, 0.5) is 17.2 Å². The Kier molecular flexibility index (Phi) is 5.08. The third-order valence-corrected chi connectivity index (χ3v) is 3.87. The number of nitrogens with zero attached hydrogens (tertiary/aromatic N) is 3. The Bertz CT molecular complexity index is 781. The van der Waals surface area contributed by atoms with Gasteiger partial charge in [-0.2, -0.15) is 0 Å². The van der Waals surface area contributed by atoms with Crippen molar-refractivity contribution in [2.45, 2.75) is 12.8 Å². The topological polar surface area (TPSA) is 97.6 Å². The molecule has 0 unspecified atom stereocenters. The summed E-state index contributed by atoms with van der Waals surface area (Å²) >= 11 is 0. The minimum Gasteiger partial charge on any atom is -0.490 e. The van der Waals surface area contributed by atoms with Crippen molar-refractivity contribution < 1.29 is 14.5 Å². The second-order valence-electron chi connectivity index (χ2n) is 5.52. The van der Waals surface area contributed by atoms with Crippen LogP contribution in [0.15, 0.2) is 42.6 Å². The van der Waals surface area contributed by atoms with E-state index in [4.69, 9.17) is 4.74 Å². The number of pyridine rings is 1. The lowest BCUT2D eigenvalue weighted by Gasteiger charge is -2.29. The van der Waals surface area contributed by atoms with Gasteiger partial charge in [0.1, 0.15) is 12.4 Å². The molecule has 3 rings (SSSR count). The number of fused-ring (bicyclic) bond motifs is 1. The molecule has 0 aliphatic carbocycles. The highest BCUT2D eigenvalue weighted by Crippen LogP contribution is 2.31. The number of amides is 1. The predicted molar refractivity (Wildman–Crippen MR) is 92.9 cm³/mol. The molecule has 0 radical (unpaired) electrons. The van der Waals surface area contributed by atoms with Crippen LogP contribution >= 0.6 is 0 Å². The molecule has 0 atom stereocenters. The van der Waals surface area contributed by atoms with Crippen molar-refractivity contribution in [3.8, 4) is 5.75 Å². The number of rotatable bonds is 6. The molecule has 130 valence electrons. The molecule has 1 aliphatic heterocycles. The molecule has 1 aromatic heterocycles. The average Bonchev–Trinajstić information content (AvgIpc) is 2.64. The van der Waals surface area contributed by atoms with Gasteiger partial charge in [0, 0.05) is 25.2 Å². The number of aromatic nitrogens is 1. The molecule has 1 aliphatic rings. The molecule has 0 bridgehead atoms. The monoisotopic (exact) mass is 342 g/mol. The maximum Gasteiger partial charge on any atom is 0.311 e. The minimum atomic E-state index is -0.481. The van der Waals surface area contributed by atoms with Crippen LogP contribution in [-0.4, -0.2) is 35.5 Å². The van der Waals surface area contributed by atoms with Crippen molar-refractivity contribution in [1.29, 1.82) is 0 Å². The third kappa shape index (κ3) is 3.85. The molecule has 25 heavy (non-hydrogen) atoms. The number of nitrogens with one attached hydrogen (secondary N) is 1. The first-order valence-electron chi connectivity index (χ1n) is 8.02. The molecule has 8 heteroatoms. The first-order chi connectivity index (χ1) is 12.2. The zero-order valence-corrected chi connectivity index (χ0v) is 13.6. The van der Waals surface area contributed by atoms with Gasteiger partial charge in [0.05, 0.1) is 17.2 Å². The fraction of sp³-hybridized carbons (Fsp3) is 0.294. The Balaban J connectivity index is 1.54. The fourth-order valence-electron chi connectivity index (χ4n) is 2.69. The molecule has 0 fully saturated rings. The van der Waals surface area contributed by atoms with Gasteiger partial charge < -0.3 is 15.0 Å². The third-order valence-electron chi connectivity index (χ3n) is 3.87. The summed E-state index contributed by atoms with van der Waals surface area (Å²) in [6.45, 7) is 1.42. The van der Waals surface area contributed by atoms with Crippen molar-refractivity contribution in [2.24, 2.45) is 0 Å². The first-order valence-corrected chi connectivity index (χ1v) is 8.02. The second-order valence-corrected chi connectivity index (χ2v) is 5.52. The summed E-state index contributed by atoms with van der Waals surface area (Å²) in [6, 6.07) is 10.4. The van der Waals surface area contributed by atoms with Gasteiger partial charge in [0.25, 0.3) is 0 Å². The van der Waals surface area contributed by atoms with E-state index in [1.54, 1.807) is 4.90 Å². The Morgan fingerprint density at radius 3 is 3.00 bits per heavy atom. The summed E-state index contributed by atoms with van der Waals surface area (Å²) < 4.78 is 5.54. The van der Waals surface area contributed by atoms with Crippen LogP contribution in [0, 0.1) is 10.1 Å². The summed E-state index contributed by atoms with van der Waals surface area (Å²) in [6.07, 6.45) is 2.37. The summed E-state index contributed by atoms with van der Waals surface area (Å²) in [5, 5.41) is 13.9. The Morgan fingerprint density at radius 2 is 2.16 bits per heavy atom. The minimum absolute atomic E-state index is 0.00747. The SMILES string of the molecule is O=C(CCCNc1ncccc1[N+](=O)[O-])N1CCOc2ccccc21. The van der Waals surface area contributed by atoms with Crippen molar-refractivity contribution in [3.05, 3.63) is 52.7 Å². The van der Waals surface area contributed by atoms with E-state index in [1.165, 1.54) is 18.3 Å². The van der Waals surface area contributed by atoms with Crippen LogP contribution in [0.25, 0.3) is 0 Å². The van der Waals surface area contributed by atoms with E-state index >= 15 is 0 Å². The maximum atomic E-state index is 12.5. The summed E-state index contributed by atoms with van der Waals surface area (Å²) in [5.74, 6) is 0.939. The standard InChI is InChI=1S/C17H18N4O4/c22-16(20-11-12-25-15-7-2-1-5-13(15)20)8-4-10-19-17-14(21(23)24)6-3-9-18-17/h1-3,5-7,9H,4,8,10-12H2,(H,18,19). The van der Waals surface area contributed by atoms with Gasteiger partial charge in [-0.25, -0.2) is 4.98 Å². The molecule has 1 aromatic carbocycles. The molecule has 8 nitrogen and oxygen atoms in total. The summed E-state index contributed by atoms with van der Waals surface area (Å²) in [5.41, 5.74) is 0.711. The van der Waals surface area contributed by atoms with Crippen molar-refractivity contribution in [2.75, 3.05) is 29.9 Å². The smallest absolute Gasteiger partial charge is 0.311 e. The lowest BCUT2D eigenvalue weighted by atomic mass is 10.2. The van der Waals surface area contributed by atoms with Crippen molar-refractivity contribution in [3.63, 3.8) is 0 Å². The lowest BCUT2D eigenvalue weighted by molar-refractivity contribution is -0.384. The van der Waals surface area contributed by atoms with Gasteiger partial charge in [0.2, 0.25) is 11.7 Å². The van der Waals surface area contributed by atoms with Crippen LogP contribution in [0.1, 0.15) is 12.8 Å². The Hall–Kier alpha value is -3.16. The highest BCUT2D eigenvalue weighted by Gasteiger charge is 2.22. The molecule has 1 N–H and O–H groups in total. The van der Waals surface area contributed by atoms with Crippen LogP contribution in [-0.2, 0) is 4.79 Å². The molecule has 0 saturated carbocycles. The van der Waals surface area contributed by atoms with Crippen LogP contribution in [0.3, 0.4) is 0 Å². The zero-order valence-electron chi connectivity index (χ0n) is 13.6. The van der Waals surface area contributed by atoms with Crippen LogP contribution in [0.2, 0.25) is 0 Å². The largest absolute Gasteiger partial charge is 0.490 e. The van der Waals surface area contributed by atoms with E-state index in [2.05, 4.69) is 10.3 Å². The molecular formula is C17H18N4O4. The van der Waals surface area contributed by atoms with Gasteiger partial charge in [0.15, 0.2) is 0 Å². The molecular weight excluding hydrogens is 324 g/mol. The number of carbonyl (C=O) groups is 1. The summed E-state index contributed by atoms with van der Waals surface area (Å²) in [7, 11) is 0. The van der Waals surface area contributed by atoms with E-state index in [1.807, 2.05) is 24.3 Å². The Morgan fingerprint density at radius 1 is 1.32 bits per heavy atom. The van der Waals surface area contributed by atoms with Gasteiger partial charge in [-0.1, -0.05) is 12.1 Å². The van der Waals surface area contributed by atoms with Gasteiger partial charge in [-0.15, -0.1) is 0 Å². The lowest BCUT2D eigenvalue weighted by Crippen LogP contribution is -2.37. The zero-order chi connectivity index (χ0) is 17.6. The number of ether oxygens (including phenoxy) is 1. The number of carbonyl (C=O) groups excluding carboxylic acids is 1. The molecule has 2 aromatic rings. The normalized spacial score (nSPS) is 12.9. The fourth-order valence-corrected chi connectivity index (χ4v) is 2.69. The number of benzene rings is 1. The quantitative estimate of drug-likeness (QED) is 0.492. The highest BCUT2D eigenvalue weighted by molar-refractivity contribution is 5.95. The molecule has 0 spiro atoms. The highest BCUT2D eigenvalue weighted by atomic mass is 16.6. The van der Waals surface area contributed by atoms with Crippen molar-refractivity contribution >= 4 is 23.1 Å². The van der Waals surface area contributed by atoms with Gasteiger partial charge in [-0.05, 0) is 24.6 Å². The van der Waals surface area contributed by atoms with Gasteiger partial charge in [-0.3, -0.25) is 14.9 Å². The van der Waals surface area contributed by atoms with E-state index in [9.17, 15) is 14.9 Å². The number of hydrogen-bond acceptors (Lipinski definition) is 6. The molecule has 2 heterocycles. The number of para-hydroxylation sites is 2. The number of hydrogen-bond donors (Lipinski definition) is 1. The second kappa shape index (κ2) is 7.61.